The van der Waals surface area contributed by atoms with Crippen LogP contribution in [0.5, 0.6) is 5.88 Å². The number of hydrogen-bond donors (Lipinski definition) is 0. The van der Waals surface area contributed by atoms with Gasteiger partial charge in [-0.1, -0.05) is 6.07 Å². The Morgan fingerprint density at radius 1 is 1.11 bits per heavy atom. The van der Waals surface area contributed by atoms with Gasteiger partial charge in [0.05, 0.1) is 6.61 Å². The summed E-state index contributed by atoms with van der Waals surface area (Å²) < 4.78 is 45.7. The van der Waals surface area contributed by atoms with Gasteiger partial charge in [-0.05, 0) is 37.0 Å². The molecule has 0 N–H and O–H groups in total. The predicted molar refractivity (Wildman–Crippen MR) is 98.2 cm³/mol. The maximum Gasteiger partial charge on any atom is 0.433 e. The van der Waals surface area contributed by atoms with Crippen molar-refractivity contribution in [3.05, 3.63) is 42.2 Å². The van der Waals surface area contributed by atoms with Crippen LogP contribution in [0.4, 0.5) is 19.1 Å². The number of nitrogens with zero attached hydrogens (tertiary/aromatic N) is 5. The molecule has 0 aromatic carbocycles. The maximum atomic E-state index is 12.7. The van der Waals surface area contributed by atoms with E-state index in [1.165, 1.54) is 12.1 Å². The fourth-order valence-electron chi connectivity index (χ4n) is 3.45. The van der Waals surface area contributed by atoms with Crippen molar-refractivity contribution in [2.75, 3.05) is 24.6 Å². The van der Waals surface area contributed by atoms with E-state index in [1.807, 2.05) is 23.7 Å². The average Bonchev–Trinajstić information content (AvgIpc) is 3.03. The number of piperidine rings is 1. The molecule has 0 spiro atoms. The molecule has 148 valence electrons. The summed E-state index contributed by atoms with van der Waals surface area (Å²) in [5.41, 5.74) is 0.773. The third-order valence-electron chi connectivity index (χ3n) is 4.98. The predicted octanol–water partition coefficient (Wildman–Crippen LogP) is 3.68. The summed E-state index contributed by atoms with van der Waals surface area (Å²) in [6.45, 7) is 1.97. The molecule has 3 aromatic rings. The highest BCUT2D eigenvalue weighted by Crippen LogP contribution is 2.29. The van der Waals surface area contributed by atoms with Gasteiger partial charge < -0.3 is 9.64 Å². The van der Waals surface area contributed by atoms with E-state index < -0.39 is 11.9 Å². The van der Waals surface area contributed by atoms with Gasteiger partial charge in [-0.25, -0.2) is 15.0 Å². The van der Waals surface area contributed by atoms with Crippen LogP contribution in [0.25, 0.3) is 11.2 Å². The van der Waals surface area contributed by atoms with Crippen molar-refractivity contribution in [1.29, 1.82) is 0 Å². The molecule has 1 saturated heterocycles. The summed E-state index contributed by atoms with van der Waals surface area (Å²) in [5.74, 6) is 1.16. The van der Waals surface area contributed by atoms with E-state index in [0.717, 1.165) is 49.1 Å². The highest BCUT2D eigenvalue weighted by Gasteiger charge is 2.32. The molecule has 1 aliphatic heterocycles. The molecule has 4 rings (SSSR count). The second-order valence-electron chi connectivity index (χ2n) is 6.92. The van der Waals surface area contributed by atoms with E-state index in [4.69, 9.17) is 4.74 Å². The normalized spacial score (nSPS) is 15.9. The number of aryl methyl sites for hydroxylation is 1. The van der Waals surface area contributed by atoms with Crippen molar-refractivity contribution in [1.82, 2.24) is 19.5 Å². The molecule has 28 heavy (non-hydrogen) atoms. The Hall–Kier alpha value is -2.84. The molecule has 0 aliphatic carbocycles. The first-order valence-electron chi connectivity index (χ1n) is 9.11. The number of alkyl halides is 3. The molecule has 0 saturated carbocycles. The van der Waals surface area contributed by atoms with Gasteiger partial charge in [-0.2, -0.15) is 13.2 Å². The Kier molecular flexibility index (Phi) is 4.82. The van der Waals surface area contributed by atoms with Crippen LogP contribution in [-0.2, 0) is 13.2 Å². The number of imidazole rings is 1. The van der Waals surface area contributed by atoms with E-state index in [2.05, 4.69) is 19.9 Å². The van der Waals surface area contributed by atoms with Gasteiger partial charge in [0.2, 0.25) is 11.8 Å². The molecular formula is C19H20F3N5O. The summed E-state index contributed by atoms with van der Waals surface area (Å²) in [5, 5.41) is 0. The molecule has 1 aliphatic rings. The molecule has 0 atom stereocenters. The van der Waals surface area contributed by atoms with Crippen LogP contribution in [0.2, 0.25) is 0 Å². The van der Waals surface area contributed by atoms with E-state index in [-0.39, 0.29) is 11.8 Å². The Labute approximate surface area is 160 Å². The van der Waals surface area contributed by atoms with Crippen LogP contribution in [0.1, 0.15) is 18.5 Å². The minimum absolute atomic E-state index is 0.0127. The number of aromatic nitrogens is 4. The number of anilines is 1. The number of halogens is 3. The second-order valence-corrected chi connectivity index (χ2v) is 6.92. The summed E-state index contributed by atoms with van der Waals surface area (Å²) in [7, 11) is 1.95. The number of rotatable bonds is 4. The lowest BCUT2D eigenvalue weighted by Crippen LogP contribution is -2.37. The second kappa shape index (κ2) is 7.29. The SMILES string of the molecule is Cn1c(N2CCC(COc3cccc(C(F)(F)F)n3)CC2)nc2cccnc21. The van der Waals surface area contributed by atoms with Crippen LogP contribution >= 0.6 is 0 Å². The third-order valence-corrected chi connectivity index (χ3v) is 4.98. The third kappa shape index (κ3) is 3.74. The van der Waals surface area contributed by atoms with Gasteiger partial charge in [0.1, 0.15) is 11.2 Å². The van der Waals surface area contributed by atoms with Gasteiger partial charge in [-0.15, -0.1) is 0 Å². The average molecular weight is 391 g/mol. The fraction of sp³-hybridized carbons (Fsp3) is 0.421. The molecule has 6 nitrogen and oxygen atoms in total. The first-order valence-corrected chi connectivity index (χ1v) is 9.11. The van der Waals surface area contributed by atoms with Crippen LogP contribution in [0.15, 0.2) is 36.5 Å². The highest BCUT2D eigenvalue weighted by molar-refractivity contribution is 5.74. The maximum absolute atomic E-state index is 12.7. The van der Waals surface area contributed by atoms with Crippen molar-refractivity contribution >= 4 is 17.1 Å². The van der Waals surface area contributed by atoms with Crippen LogP contribution in [-0.4, -0.2) is 39.2 Å². The molecule has 9 heteroatoms. The quantitative estimate of drug-likeness (QED) is 0.679. The van der Waals surface area contributed by atoms with Gasteiger partial charge in [0.15, 0.2) is 5.65 Å². The van der Waals surface area contributed by atoms with Crippen molar-refractivity contribution < 1.29 is 17.9 Å². The molecular weight excluding hydrogens is 371 g/mol. The number of hydrogen-bond acceptors (Lipinski definition) is 5. The zero-order valence-electron chi connectivity index (χ0n) is 15.4. The smallest absolute Gasteiger partial charge is 0.433 e. The van der Waals surface area contributed by atoms with Crippen molar-refractivity contribution in [3.8, 4) is 5.88 Å². The van der Waals surface area contributed by atoms with Gasteiger partial charge in [0.25, 0.3) is 0 Å². The monoisotopic (exact) mass is 391 g/mol. The fourth-order valence-corrected chi connectivity index (χ4v) is 3.45. The van der Waals surface area contributed by atoms with Crippen LogP contribution in [0, 0.1) is 5.92 Å². The first-order chi connectivity index (χ1) is 13.4. The lowest BCUT2D eigenvalue weighted by Gasteiger charge is -2.32. The zero-order chi connectivity index (χ0) is 19.7. The Morgan fingerprint density at radius 2 is 1.89 bits per heavy atom. The number of fused-ring (bicyclic) bond motifs is 1. The van der Waals surface area contributed by atoms with Crippen LogP contribution in [0.3, 0.4) is 0 Å². The van der Waals surface area contributed by atoms with Gasteiger partial charge in [-0.3, -0.25) is 4.57 Å². The summed E-state index contributed by atoms with van der Waals surface area (Å²) in [4.78, 5) is 14.8. The van der Waals surface area contributed by atoms with Gasteiger partial charge in [0, 0.05) is 32.4 Å². The number of ether oxygens (including phenoxy) is 1. The Bertz CT molecular complexity index is 964. The van der Waals surface area contributed by atoms with Crippen molar-refractivity contribution in [2.24, 2.45) is 13.0 Å². The molecule has 4 heterocycles. The van der Waals surface area contributed by atoms with E-state index >= 15 is 0 Å². The largest absolute Gasteiger partial charge is 0.477 e. The molecule has 0 unspecified atom stereocenters. The minimum atomic E-state index is -4.47. The molecule has 0 amide bonds. The van der Waals surface area contributed by atoms with E-state index in [1.54, 1.807) is 6.20 Å². The summed E-state index contributed by atoms with van der Waals surface area (Å²) >= 11 is 0. The zero-order valence-corrected chi connectivity index (χ0v) is 15.4. The standard InChI is InChI=1S/C19H20F3N5O/c1-26-17-14(4-3-9-23-17)24-18(26)27-10-7-13(8-11-27)12-28-16-6-2-5-15(25-16)19(20,21)22/h2-6,9,13H,7-8,10-12H2,1H3. The minimum Gasteiger partial charge on any atom is -0.477 e. The Balaban J connectivity index is 1.35. The lowest BCUT2D eigenvalue weighted by atomic mass is 9.98. The molecule has 3 aromatic heterocycles. The van der Waals surface area contributed by atoms with Crippen molar-refractivity contribution in [3.63, 3.8) is 0 Å². The molecule has 0 bridgehead atoms. The molecule has 1 fully saturated rings. The molecule has 0 radical (unpaired) electrons. The summed E-state index contributed by atoms with van der Waals surface area (Å²) in [6, 6.07) is 7.51. The lowest BCUT2D eigenvalue weighted by molar-refractivity contribution is -0.141. The summed E-state index contributed by atoms with van der Waals surface area (Å²) in [6.07, 6.45) is -0.977. The first kappa shape index (κ1) is 18.5. The van der Waals surface area contributed by atoms with Crippen LogP contribution < -0.4 is 9.64 Å². The van der Waals surface area contributed by atoms with E-state index in [9.17, 15) is 13.2 Å². The Morgan fingerprint density at radius 3 is 2.61 bits per heavy atom. The van der Waals surface area contributed by atoms with Gasteiger partial charge >= 0.3 is 6.18 Å². The van der Waals surface area contributed by atoms with Crippen molar-refractivity contribution in [2.45, 2.75) is 19.0 Å². The van der Waals surface area contributed by atoms with E-state index in [0.29, 0.717) is 6.61 Å². The number of pyridine rings is 2. The topological polar surface area (TPSA) is 56.1 Å². The highest BCUT2D eigenvalue weighted by atomic mass is 19.4.